The van der Waals surface area contributed by atoms with Gasteiger partial charge in [0.05, 0.1) is 11.6 Å². The molecule has 1 fully saturated rings. The number of hydrogen-bond donors (Lipinski definition) is 5. The third-order valence-corrected chi connectivity index (χ3v) is 8.55. The number of amides is 1. The summed E-state index contributed by atoms with van der Waals surface area (Å²) < 4.78 is 0. The van der Waals surface area contributed by atoms with Crippen LogP contribution in [0.15, 0.2) is 23.0 Å². The second kappa shape index (κ2) is 9.96. The number of ketones is 2. The van der Waals surface area contributed by atoms with Gasteiger partial charge in [-0.15, -0.1) is 0 Å². The number of aliphatic hydroxyl groups is 3. The topological polar surface area (TPSA) is 168 Å². The van der Waals surface area contributed by atoms with Crippen LogP contribution in [0.25, 0.3) is 5.76 Å². The van der Waals surface area contributed by atoms with Crippen LogP contribution < -0.4 is 10.6 Å². The van der Waals surface area contributed by atoms with Gasteiger partial charge in [0.25, 0.3) is 5.91 Å². The van der Waals surface area contributed by atoms with Gasteiger partial charge < -0.3 is 31.1 Å². The number of likely N-dealkylation sites (N-methyl/N-ethyl adjacent to an activating group) is 1. The molecule has 0 saturated heterocycles. The Hall–Kier alpha value is -3.41. The van der Waals surface area contributed by atoms with E-state index in [1.165, 1.54) is 4.90 Å². The number of aromatic hydroxyl groups is 1. The molecule has 4 rings (SSSR count). The fraction of sp³-hybridized carbons (Fsp3) is 0.536. The highest BCUT2D eigenvalue weighted by atomic mass is 16.3. The fourth-order valence-electron chi connectivity index (χ4n) is 6.55. The smallest absolute Gasteiger partial charge is 0.255 e. The Morgan fingerprint density at radius 1 is 1.10 bits per heavy atom. The highest BCUT2D eigenvalue weighted by Crippen LogP contribution is 2.54. The van der Waals surface area contributed by atoms with Gasteiger partial charge >= 0.3 is 0 Å². The third-order valence-electron chi connectivity index (χ3n) is 8.55. The molecule has 1 amide bonds. The summed E-state index contributed by atoms with van der Waals surface area (Å²) in [5.41, 5.74) is 3.85. The number of fused-ring (bicyclic) bond motifs is 3. The van der Waals surface area contributed by atoms with Crippen molar-refractivity contribution in [2.75, 3.05) is 46.2 Å². The molecule has 3 aliphatic carbocycles. The lowest BCUT2D eigenvalue weighted by Crippen LogP contribution is -2.65. The Morgan fingerprint density at radius 3 is 2.23 bits per heavy atom. The first-order valence-electron chi connectivity index (χ1n) is 13.1. The molecule has 0 aliphatic heterocycles. The maximum absolute atomic E-state index is 14.0. The summed E-state index contributed by atoms with van der Waals surface area (Å²) in [6.07, 6.45) is 0.307. The maximum atomic E-state index is 14.0. The van der Waals surface area contributed by atoms with Gasteiger partial charge in [0.15, 0.2) is 11.4 Å². The van der Waals surface area contributed by atoms with Crippen LogP contribution in [-0.2, 0) is 27.3 Å². The number of hydrogen-bond acceptors (Lipinski definition) is 10. The number of Topliss-reactive ketones (excluding diaryl/α,β-unsaturated/α-hetero) is 2. The average Bonchev–Trinajstić information content (AvgIpc) is 2.85. The molecule has 0 aromatic heterocycles. The Kier molecular flexibility index (Phi) is 7.30. The number of carbonyl (C=O) groups is 3. The summed E-state index contributed by atoms with van der Waals surface area (Å²) in [6, 6.07) is 0.771. The number of anilines is 1. The molecule has 1 aromatic rings. The van der Waals surface area contributed by atoms with Crippen molar-refractivity contribution in [1.29, 1.82) is 0 Å². The molecule has 3 aliphatic rings. The maximum Gasteiger partial charge on any atom is 0.255 e. The minimum atomic E-state index is -2.65. The lowest BCUT2D eigenvalue weighted by molar-refractivity contribution is -0.153. The summed E-state index contributed by atoms with van der Waals surface area (Å²) in [4.78, 5) is 44.9. The van der Waals surface area contributed by atoms with E-state index in [2.05, 4.69) is 4.90 Å². The minimum absolute atomic E-state index is 0.0561. The van der Waals surface area contributed by atoms with Gasteiger partial charge in [-0.2, -0.15) is 0 Å². The van der Waals surface area contributed by atoms with Crippen molar-refractivity contribution in [2.45, 2.75) is 44.9 Å². The molecule has 0 heterocycles. The van der Waals surface area contributed by atoms with E-state index in [9.17, 15) is 34.8 Å². The molecule has 39 heavy (non-hydrogen) atoms. The van der Waals surface area contributed by atoms with Crippen LogP contribution in [0.3, 0.4) is 0 Å². The number of phenols is 1. The zero-order valence-corrected chi connectivity index (χ0v) is 23.3. The van der Waals surface area contributed by atoms with Crippen LogP contribution >= 0.6 is 0 Å². The van der Waals surface area contributed by atoms with E-state index in [4.69, 9.17) is 5.73 Å². The molecule has 6 N–H and O–H groups in total. The van der Waals surface area contributed by atoms with Crippen LogP contribution in [0.4, 0.5) is 5.69 Å². The predicted octanol–water partition coefficient (Wildman–Crippen LogP) is 0.872. The largest absolute Gasteiger partial charge is 0.508 e. The lowest BCUT2D eigenvalue weighted by atomic mass is 9.57. The van der Waals surface area contributed by atoms with Gasteiger partial charge in [0.1, 0.15) is 22.8 Å². The number of aliphatic hydroxyl groups excluding tert-OH is 2. The molecular weight excluding hydrogens is 504 g/mol. The van der Waals surface area contributed by atoms with Crippen LogP contribution in [0.5, 0.6) is 5.75 Å². The fourth-order valence-corrected chi connectivity index (χ4v) is 6.55. The van der Waals surface area contributed by atoms with E-state index in [-0.39, 0.29) is 29.7 Å². The van der Waals surface area contributed by atoms with Crippen LogP contribution in [0.2, 0.25) is 0 Å². The average molecular weight is 543 g/mol. The quantitative estimate of drug-likeness (QED) is 0.312. The van der Waals surface area contributed by atoms with E-state index in [1.54, 1.807) is 14.1 Å². The SMILES string of the molecule is CCN(CC)Cc1cc(N(C)C)c2c(c1O)C(O)=C1C(=O)[C@]3(O)C(O)=C(C(N)=O)C(=O)C(N(C)C)[C@@H]3C[C@H]1C2. The van der Waals surface area contributed by atoms with Crippen molar-refractivity contribution in [3.05, 3.63) is 39.7 Å². The van der Waals surface area contributed by atoms with Gasteiger partial charge in [0, 0.05) is 43.4 Å². The first kappa shape index (κ1) is 28.6. The van der Waals surface area contributed by atoms with E-state index < -0.39 is 58.0 Å². The number of carbonyl (C=O) groups excluding carboxylic acids is 3. The Balaban J connectivity index is 1.97. The van der Waals surface area contributed by atoms with Gasteiger partial charge in [-0.25, -0.2) is 0 Å². The zero-order chi connectivity index (χ0) is 29.1. The van der Waals surface area contributed by atoms with E-state index in [0.717, 1.165) is 18.8 Å². The van der Waals surface area contributed by atoms with Gasteiger partial charge in [-0.05, 0) is 57.6 Å². The second-order valence-corrected chi connectivity index (χ2v) is 11.1. The number of benzene rings is 1. The van der Waals surface area contributed by atoms with Crippen molar-refractivity contribution in [3.8, 4) is 5.75 Å². The molecule has 1 unspecified atom stereocenters. The van der Waals surface area contributed by atoms with Crippen molar-refractivity contribution in [2.24, 2.45) is 17.6 Å². The molecule has 1 aromatic carbocycles. The first-order valence-corrected chi connectivity index (χ1v) is 13.1. The number of primary amides is 1. The van der Waals surface area contributed by atoms with E-state index in [1.807, 2.05) is 38.9 Å². The Morgan fingerprint density at radius 2 is 1.72 bits per heavy atom. The van der Waals surface area contributed by atoms with E-state index in [0.29, 0.717) is 17.7 Å². The molecule has 11 nitrogen and oxygen atoms in total. The van der Waals surface area contributed by atoms with Gasteiger partial charge in [0.2, 0.25) is 5.78 Å². The monoisotopic (exact) mass is 542 g/mol. The van der Waals surface area contributed by atoms with Crippen LogP contribution in [0, 0.1) is 11.8 Å². The molecule has 4 atom stereocenters. The third kappa shape index (κ3) is 4.11. The number of nitrogens with zero attached hydrogens (tertiary/aromatic N) is 3. The van der Waals surface area contributed by atoms with Crippen molar-refractivity contribution in [1.82, 2.24) is 9.80 Å². The van der Waals surface area contributed by atoms with Crippen molar-refractivity contribution >= 4 is 28.9 Å². The first-order chi connectivity index (χ1) is 18.2. The Bertz CT molecular complexity index is 1310. The molecule has 1 saturated carbocycles. The predicted molar refractivity (Wildman–Crippen MR) is 145 cm³/mol. The standard InChI is InChI=1S/C28H38N4O7/c1-7-32(8-2)12-14-11-17(30(3)4)15-9-13-10-16-21(31(5)6)24(35)20(27(29)38)26(37)28(16,39)25(36)18(13)23(34)19(15)22(14)33/h11,13,16,21,33-34,37,39H,7-10,12H2,1-6H3,(H2,29,38)/t13-,16+,21?,28+/m1/s1. The van der Waals surface area contributed by atoms with Crippen molar-refractivity contribution < 1.29 is 34.8 Å². The van der Waals surface area contributed by atoms with Crippen molar-refractivity contribution in [3.63, 3.8) is 0 Å². The molecule has 0 spiro atoms. The molecule has 11 heteroatoms. The summed E-state index contributed by atoms with van der Waals surface area (Å²) >= 11 is 0. The van der Waals surface area contributed by atoms with Gasteiger partial charge in [-0.3, -0.25) is 24.2 Å². The van der Waals surface area contributed by atoms with Crippen LogP contribution in [0.1, 0.15) is 37.0 Å². The summed E-state index contributed by atoms with van der Waals surface area (Å²) in [7, 11) is 6.86. The normalized spacial score (nSPS) is 26.6. The molecule has 212 valence electrons. The van der Waals surface area contributed by atoms with E-state index >= 15 is 0 Å². The number of rotatable bonds is 7. The minimum Gasteiger partial charge on any atom is -0.508 e. The number of nitrogens with two attached hydrogens (primary N) is 1. The van der Waals surface area contributed by atoms with Gasteiger partial charge in [-0.1, -0.05) is 13.8 Å². The summed E-state index contributed by atoms with van der Waals surface area (Å²) in [6.45, 7) is 5.91. The zero-order valence-electron chi connectivity index (χ0n) is 23.3. The highest BCUT2D eigenvalue weighted by molar-refractivity contribution is 6.24. The number of phenolic OH excluding ortho intramolecular Hbond substituents is 1. The lowest BCUT2D eigenvalue weighted by Gasteiger charge is -2.50. The molecule has 0 bridgehead atoms. The summed E-state index contributed by atoms with van der Waals surface area (Å²) in [5.74, 6) is -6.48. The second-order valence-electron chi connectivity index (χ2n) is 11.1. The molecular formula is C28H38N4O7. The Labute approximate surface area is 227 Å². The molecule has 0 radical (unpaired) electrons. The highest BCUT2D eigenvalue weighted by Gasteiger charge is 2.64. The van der Waals surface area contributed by atoms with Crippen LogP contribution in [-0.4, -0.2) is 101 Å². The summed E-state index contributed by atoms with van der Waals surface area (Å²) in [5, 5.41) is 45.7.